The third-order valence-corrected chi connectivity index (χ3v) is 3.27. The number of carbonyl (C=O) groups is 1. The predicted molar refractivity (Wildman–Crippen MR) is 64.1 cm³/mol. The Labute approximate surface area is 101 Å². The largest absolute Gasteiger partial charge is 0.338 e. The summed E-state index contributed by atoms with van der Waals surface area (Å²) in [6, 6.07) is 0. The van der Waals surface area contributed by atoms with Gasteiger partial charge in [0.2, 0.25) is 5.89 Å². The average Bonchev–Trinajstić information content (AvgIpc) is 2.80. The van der Waals surface area contributed by atoms with Crippen LogP contribution < -0.4 is 4.90 Å². The minimum atomic E-state index is -0.249. The van der Waals surface area contributed by atoms with E-state index in [1.807, 2.05) is 6.92 Å². The monoisotopic (exact) mass is 237 g/mol. The van der Waals surface area contributed by atoms with Crippen LogP contribution in [0.15, 0.2) is 4.52 Å². The van der Waals surface area contributed by atoms with Crippen molar-refractivity contribution in [3.8, 4) is 0 Å². The third-order valence-electron chi connectivity index (χ3n) is 3.27. The van der Waals surface area contributed by atoms with Gasteiger partial charge in [0.25, 0.3) is 5.95 Å². The van der Waals surface area contributed by atoms with Crippen molar-refractivity contribution in [2.45, 2.75) is 45.4 Å². The minimum absolute atomic E-state index is 0.0846. The summed E-state index contributed by atoms with van der Waals surface area (Å²) in [6.07, 6.45) is 4.32. The van der Waals surface area contributed by atoms with Crippen molar-refractivity contribution in [2.24, 2.45) is 0 Å². The van der Waals surface area contributed by atoms with Gasteiger partial charge in [0.1, 0.15) is 5.78 Å². The predicted octanol–water partition coefficient (Wildman–Crippen LogP) is 2.14. The maximum atomic E-state index is 11.4. The van der Waals surface area contributed by atoms with Gasteiger partial charge in [-0.05, 0) is 37.8 Å². The standard InChI is InChI=1S/C12H19N3O2/c1-3-10(9(2)16)11-13-12(14-17-11)15-7-5-4-6-8-15/h10H,3-8H2,1-2H3. The first kappa shape index (κ1) is 12.1. The molecule has 0 amide bonds. The van der Waals surface area contributed by atoms with Gasteiger partial charge in [-0.3, -0.25) is 4.79 Å². The number of rotatable bonds is 4. The Morgan fingerprint density at radius 1 is 1.41 bits per heavy atom. The van der Waals surface area contributed by atoms with Crippen molar-refractivity contribution in [2.75, 3.05) is 18.0 Å². The Bertz CT molecular complexity index is 383. The zero-order valence-corrected chi connectivity index (χ0v) is 10.5. The maximum absolute atomic E-state index is 11.4. The Balaban J connectivity index is 2.11. The van der Waals surface area contributed by atoms with Crippen LogP contribution in [0.25, 0.3) is 0 Å². The number of nitrogens with zero attached hydrogens (tertiary/aromatic N) is 3. The van der Waals surface area contributed by atoms with Gasteiger partial charge in [0, 0.05) is 13.1 Å². The van der Waals surface area contributed by atoms with Crippen LogP contribution in [0.5, 0.6) is 0 Å². The van der Waals surface area contributed by atoms with E-state index in [1.165, 1.54) is 19.3 Å². The molecule has 5 heteroatoms. The molecule has 0 saturated carbocycles. The lowest BCUT2D eigenvalue weighted by molar-refractivity contribution is -0.119. The smallest absolute Gasteiger partial charge is 0.266 e. The van der Waals surface area contributed by atoms with Gasteiger partial charge in [0.15, 0.2) is 0 Å². The second kappa shape index (κ2) is 5.29. The van der Waals surface area contributed by atoms with E-state index < -0.39 is 0 Å². The first-order valence-electron chi connectivity index (χ1n) is 6.31. The molecule has 0 aliphatic carbocycles. The van der Waals surface area contributed by atoms with Crippen LogP contribution in [0.4, 0.5) is 5.95 Å². The van der Waals surface area contributed by atoms with Crippen LogP contribution in [0.3, 0.4) is 0 Å². The molecule has 0 aromatic carbocycles. The molecule has 2 rings (SSSR count). The van der Waals surface area contributed by atoms with E-state index in [-0.39, 0.29) is 11.7 Å². The lowest BCUT2D eigenvalue weighted by atomic mass is 10.0. The summed E-state index contributed by atoms with van der Waals surface area (Å²) in [5.41, 5.74) is 0. The molecule has 1 unspecified atom stereocenters. The minimum Gasteiger partial charge on any atom is -0.338 e. The Morgan fingerprint density at radius 2 is 2.12 bits per heavy atom. The Morgan fingerprint density at radius 3 is 2.71 bits per heavy atom. The number of piperidine rings is 1. The second-order valence-corrected chi connectivity index (χ2v) is 4.55. The van der Waals surface area contributed by atoms with E-state index in [0.29, 0.717) is 18.3 Å². The Hall–Kier alpha value is -1.39. The van der Waals surface area contributed by atoms with Crippen molar-refractivity contribution in [3.05, 3.63) is 5.89 Å². The quantitative estimate of drug-likeness (QED) is 0.803. The van der Waals surface area contributed by atoms with E-state index >= 15 is 0 Å². The molecule has 5 nitrogen and oxygen atoms in total. The van der Waals surface area contributed by atoms with Gasteiger partial charge >= 0.3 is 0 Å². The molecule has 0 N–H and O–H groups in total. The van der Waals surface area contributed by atoms with Crippen LogP contribution >= 0.6 is 0 Å². The van der Waals surface area contributed by atoms with Gasteiger partial charge in [-0.2, -0.15) is 4.98 Å². The number of ketones is 1. The highest BCUT2D eigenvalue weighted by atomic mass is 16.5. The summed E-state index contributed by atoms with van der Waals surface area (Å²) < 4.78 is 5.21. The summed E-state index contributed by atoms with van der Waals surface area (Å²) in [7, 11) is 0. The molecule has 1 aliphatic rings. The molecule has 2 heterocycles. The SMILES string of the molecule is CCC(C(C)=O)c1nc(N2CCCCC2)no1. The first-order valence-corrected chi connectivity index (χ1v) is 6.31. The molecule has 17 heavy (non-hydrogen) atoms. The van der Waals surface area contributed by atoms with Gasteiger partial charge < -0.3 is 9.42 Å². The zero-order valence-electron chi connectivity index (χ0n) is 10.5. The fourth-order valence-corrected chi connectivity index (χ4v) is 2.23. The van der Waals surface area contributed by atoms with Gasteiger partial charge in [-0.15, -0.1) is 0 Å². The summed E-state index contributed by atoms with van der Waals surface area (Å²) >= 11 is 0. The number of hydrogen-bond acceptors (Lipinski definition) is 5. The summed E-state index contributed by atoms with van der Waals surface area (Å²) in [5, 5.41) is 3.98. The number of carbonyl (C=O) groups excluding carboxylic acids is 1. The second-order valence-electron chi connectivity index (χ2n) is 4.55. The van der Waals surface area contributed by atoms with Crippen LogP contribution in [0.2, 0.25) is 0 Å². The van der Waals surface area contributed by atoms with Crippen LogP contribution in [0, 0.1) is 0 Å². The molecule has 94 valence electrons. The van der Waals surface area contributed by atoms with Gasteiger partial charge in [-0.25, -0.2) is 0 Å². The fraction of sp³-hybridized carbons (Fsp3) is 0.750. The van der Waals surface area contributed by atoms with Crippen molar-refractivity contribution >= 4 is 11.7 Å². The van der Waals surface area contributed by atoms with Crippen LogP contribution in [0.1, 0.15) is 51.3 Å². The molecule has 0 radical (unpaired) electrons. The fourth-order valence-electron chi connectivity index (χ4n) is 2.23. The summed E-state index contributed by atoms with van der Waals surface area (Å²) in [4.78, 5) is 17.9. The number of Topliss-reactive ketones (excluding diaryl/α,β-unsaturated/α-hetero) is 1. The van der Waals surface area contributed by atoms with E-state index in [4.69, 9.17) is 4.52 Å². The molecular weight excluding hydrogens is 218 g/mol. The van der Waals surface area contributed by atoms with Crippen molar-refractivity contribution in [1.82, 2.24) is 10.1 Å². The normalized spacial score (nSPS) is 18.1. The van der Waals surface area contributed by atoms with E-state index in [9.17, 15) is 4.79 Å². The van der Waals surface area contributed by atoms with Crippen molar-refractivity contribution in [3.63, 3.8) is 0 Å². The molecule has 0 spiro atoms. The molecule has 1 atom stereocenters. The zero-order chi connectivity index (χ0) is 12.3. The lowest BCUT2D eigenvalue weighted by Gasteiger charge is -2.24. The van der Waals surface area contributed by atoms with Crippen molar-refractivity contribution in [1.29, 1.82) is 0 Å². The van der Waals surface area contributed by atoms with E-state index in [2.05, 4.69) is 15.0 Å². The first-order chi connectivity index (χ1) is 8.22. The highest BCUT2D eigenvalue weighted by Crippen LogP contribution is 2.22. The number of hydrogen-bond donors (Lipinski definition) is 0. The molecule has 1 saturated heterocycles. The molecule has 1 aromatic heterocycles. The van der Waals surface area contributed by atoms with E-state index in [1.54, 1.807) is 6.92 Å². The molecular formula is C12H19N3O2. The van der Waals surface area contributed by atoms with E-state index in [0.717, 1.165) is 13.1 Å². The lowest BCUT2D eigenvalue weighted by Crippen LogP contribution is -2.30. The number of anilines is 1. The topological polar surface area (TPSA) is 59.2 Å². The highest BCUT2D eigenvalue weighted by molar-refractivity contribution is 5.82. The average molecular weight is 237 g/mol. The summed E-state index contributed by atoms with van der Waals surface area (Å²) in [5.74, 6) is 0.933. The maximum Gasteiger partial charge on any atom is 0.266 e. The summed E-state index contributed by atoms with van der Waals surface area (Å²) in [6.45, 7) is 5.49. The Kier molecular flexibility index (Phi) is 3.76. The van der Waals surface area contributed by atoms with Crippen LogP contribution in [-0.4, -0.2) is 29.0 Å². The molecule has 1 aliphatic heterocycles. The molecule has 0 bridgehead atoms. The van der Waals surface area contributed by atoms with Gasteiger partial charge in [0.05, 0.1) is 5.92 Å². The molecule has 1 aromatic rings. The van der Waals surface area contributed by atoms with Crippen LogP contribution in [-0.2, 0) is 4.79 Å². The highest BCUT2D eigenvalue weighted by Gasteiger charge is 2.23. The molecule has 1 fully saturated rings. The third kappa shape index (κ3) is 2.65. The number of aromatic nitrogens is 2. The van der Waals surface area contributed by atoms with Crippen molar-refractivity contribution < 1.29 is 9.32 Å². The van der Waals surface area contributed by atoms with Gasteiger partial charge in [-0.1, -0.05) is 6.92 Å².